The predicted octanol–water partition coefficient (Wildman–Crippen LogP) is 3.21. The van der Waals surface area contributed by atoms with Crippen LogP contribution in [0.2, 0.25) is 0 Å². The molecule has 0 saturated heterocycles. The Morgan fingerprint density at radius 3 is 2.00 bits per heavy atom. The van der Waals surface area contributed by atoms with Gasteiger partial charge in [-0.2, -0.15) is 0 Å². The van der Waals surface area contributed by atoms with Crippen LogP contribution in [0.5, 0.6) is 0 Å². The summed E-state index contributed by atoms with van der Waals surface area (Å²) in [6, 6.07) is 0. The molecule has 0 aliphatic carbocycles. The van der Waals surface area contributed by atoms with Gasteiger partial charge in [0, 0.05) is 6.42 Å². The zero-order valence-corrected chi connectivity index (χ0v) is 15.0. The fourth-order valence-electron chi connectivity index (χ4n) is 2.26. The van der Waals surface area contributed by atoms with Crippen molar-refractivity contribution in [2.75, 3.05) is 19.8 Å². The van der Waals surface area contributed by atoms with E-state index in [1.165, 1.54) is 44.9 Å². The molecule has 0 aliphatic rings. The summed E-state index contributed by atoms with van der Waals surface area (Å²) in [6.45, 7) is 4.02. The molecular formula is C18H36O5. The molecular weight excluding hydrogens is 296 g/mol. The SMILES string of the molecule is CCCCCCCCCCCC(=O)OCC(O)COCC(C)O. The van der Waals surface area contributed by atoms with Crippen molar-refractivity contribution >= 4 is 5.97 Å². The van der Waals surface area contributed by atoms with Crippen LogP contribution in [-0.2, 0) is 14.3 Å². The van der Waals surface area contributed by atoms with Gasteiger partial charge < -0.3 is 19.7 Å². The average Bonchev–Trinajstić information content (AvgIpc) is 2.51. The first-order valence-corrected chi connectivity index (χ1v) is 9.15. The lowest BCUT2D eigenvalue weighted by molar-refractivity contribution is -0.148. The van der Waals surface area contributed by atoms with Gasteiger partial charge in [-0.3, -0.25) is 4.79 Å². The highest BCUT2D eigenvalue weighted by molar-refractivity contribution is 5.69. The van der Waals surface area contributed by atoms with Crippen molar-refractivity contribution in [1.29, 1.82) is 0 Å². The van der Waals surface area contributed by atoms with Crippen molar-refractivity contribution in [3.8, 4) is 0 Å². The number of carbonyl (C=O) groups excluding carboxylic acids is 1. The number of ether oxygens (including phenoxy) is 2. The molecule has 2 unspecified atom stereocenters. The molecule has 0 spiro atoms. The molecule has 0 saturated carbocycles. The van der Waals surface area contributed by atoms with Gasteiger partial charge in [0.15, 0.2) is 0 Å². The van der Waals surface area contributed by atoms with Gasteiger partial charge in [-0.05, 0) is 13.3 Å². The molecule has 2 atom stereocenters. The first-order chi connectivity index (χ1) is 11.1. The lowest BCUT2D eigenvalue weighted by Crippen LogP contribution is -2.25. The Balaban J connectivity index is 3.33. The largest absolute Gasteiger partial charge is 0.463 e. The number of rotatable bonds is 16. The van der Waals surface area contributed by atoms with Crippen LogP contribution in [0.3, 0.4) is 0 Å². The number of hydrogen-bond acceptors (Lipinski definition) is 5. The number of carbonyl (C=O) groups is 1. The highest BCUT2D eigenvalue weighted by Gasteiger charge is 2.09. The molecule has 0 aromatic carbocycles. The van der Waals surface area contributed by atoms with Gasteiger partial charge in [0.05, 0.1) is 19.3 Å². The summed E-state index contributed by atoms with van der Waals surface area (Å²) in [5.41, 5.74) is 0. The summed E-state index contributed by atoms with van der Waals surface area (Å²) in [5.74, 6) is -0.262. The van der Waals surface area contributed by atoms with Crippen LogP contribution in [0.15, 0.2) is 0 Å². The van der Waals surface area contributed by atoms with Gasteiger partial charge in [0.1, 0.15) is 12.7 Å². The predicted molar refractivity (Wildman–Crippen MR) is 91.3 cm³/mol. The lowest BCUT2D eigenvalue weighted by atomic mass is 10.1. The maximum atomic E-state index is 11.5. The lowest BCUT2D eigenvalue weighted by Gasteiger charge is -2.12. The molecule has 0 fully saturated rings. The monoisotopic (exact) mass is 332 g/mol. The minimum Gasteiger partial charge on any atom is -0.463 e. The quantitative estimate of drug-likeness (QED) is 0.335. The molecule has 0 bridgehead atoms. The van der Waals surface area contributed by atoms with E-state index in [0.29, 0.717) is 6.42 Å². The van der Waals surface area contributed by atoms with Crippen molar-refractivity contribution in [3.05, 3.63) is 0 Å². The van der Waals surface area contributed by atoms with Crippen molar-refractivity contribution < 1.29 is 24.5 Å². The van der Waals surface area contributed by atoms with E-state index in [4.69, 9.17) is 14.6 Å². The van der Waals surface area contributed by atoms with E-state index >= 15 is 0 Å². The molecule has 5 heteroatoms. The number of unbranched alkanes of at least 4 members (excludes halogenated alkanes) is 8. The second-order valence-electron chi connectivity index (χ2n) is 6.30. The van der Waals surface area contributed by atoms with E-state index in [1.807, 2.05) is 0 Å². The standard InChI is InChI=1S/C18H36O5/c1-3-4-5-6-7-8-9-10-11-12-18(21)23-15-17(20)14-22-13-16(2)19/h16-17,19-20H,3-15H2,1-2H3. The Kier molecular flexibility index (Phi) is 15.8. The Bertz CT molecular complexity index is 268. The van der Waals surface area contributed by atoms with E-state index < -0.39 is 12.2 Å². The van der Waals surface area contributed by atoms with Gasteiger partial charge >= 0.3 is 5.97 Å². The van der Waals surface area contributed by atoms with E-state index in [9.17, 15) is 9.90 Å². The van der Waals surface area contributed by atoms with Crippen LogP contribution in [0, 0.1) is 0 Å². The minimum absolute atomic E-state index is 0.0456. The second-order valence-corrected chi connectivity index (χ2v) is 6.30. The minimum atomic E-state index is -0.833. The van der Waals surface area contributed by atoms with Crippen molar-refractivity contribution in [2.45, 2.75) is 90.3 Å². The van der Waals surface area contributed by atoms with Gasteiger partial charge in [-0.1, -0.05) is 58.3 Å². The maximum absolute atomic E-state index is 11.5. The summed E-state index contributed by atoms with van der Waals surface area (Å²) in [7, 11) is 0. The number of aliphatic hydroxyl groups is 2. The summed E-state index contributed by atoms with van der Waals surface area (Å²) >= 11 is 0. The highest BCUT2D eigenvalue weighted by atomic mass is 16.5. The van der Waals surface area contributed by atoms with Gasteiger partial charge in [0.25, 0.3) is 0 Å². The molecule has 5 nitrogen and oxygen atoms in total. The molecule has 0 aromatic heterocycles. The van der Waals surface area contributed by atoms with Crippen LogP contribution in [0.1, 0.15) is 78.1 Å². The molecule has 0 rings (SSSR count). The molecule has 0 aromatic rings. The van der Waals surface area contributed by atoms with Crippen LogP contribution < -0.4 is 0 Å². The topological polar surface area (TPSA) is 76.0 Å². The van der Waals surface area contributed by atoms with Crippen molar-refractivity contribution in [2.24, 2.45) is 0 Å². The van der Waals surface area contributed by atoms with E-state index in [1.54, 1.807) is 6.92 Å². The molecule has 0 amide bonds. The third-order valence-electron chi connectivity index (χ3n) is 3.59. The Morgan fingerprint density at radius 2 is 1.43 bits per heavy atom. The molecule has 138 valence electrons. The summed E-state index contributed by atoms with van der Waals surface area (Å²) in [6.07, 6.45) is 9.93. The Labute approximate surface area is 141 Å². The summed E-state index contributed by atoms with van der Waals surface area (Å²) in [5, 5.41) is 18.6. The zero-order chi connectivity index (χ0) is 17.3. The van der Waals surface area contributed by atoms with Crippen LogP contribution in [-0.4, -0.2) is 48.2 Å². The van der Waals surface area contributed by atoms with Gasteiger partial charge in [0.2, 0.25) is 0 Å². The van der Waals surface area contributed by atoms with E-state index in [2.05, 4.69) is 6.92 Å². The Hall–Kier alpha value is -0.650. The van der Waals surface area contributed by atoms with Gasteiger partial charge in [-0.15, -0.1) is 0 Å². The fourth-order valence-corrected chi connectivity index (χ4v) is 2.26. The van der Waals surface area contributed by atoms with E-state index in [0.717, 1.165) is 12.8 Å². The highest BCUT2D eigenvalue weighted by Crippen LogP contribution is 2.10. The zero-order valence-electron chi connectivity index (χ0n) is 15.0. The first-order valence-electron chi connectivity index (χ1n) is 9.15. The first kappa shape index (κ1) is 22.4. The van der Waals surface area contributed by atoms with Crippen LogP contribution >= 0.6 is 0 Å². The third-order valence-corrected chi connectivity index (χ3v) is 3.59. The third kappa shape index (κ3) is 17.5. The summed E-state index contributed by atoms with van der Waals surface area (Å²) < 4.78 is 10.1. The van der Waals surface area contributed by atoms with Crippen molar-refractivity contribution in [3.63, 3.8) is 0 Å². The van der Waals surface area contributed by atoms with Crippen molar-refractivity contribution in [1.82, 2.24) is 0 Å². The number of esters is 1. The maximum Gasteiger partial charge on any atom is 0.305 e. The molecule has 23 heavy (non-hydrogen) atoms. The summed E-state index contributed by atoms with van der Waals surface area (Å²) in [4.78, 5) is 11.5. The number of aliphatic hydroxyl groups excluding tert-OH is 2. The Morgan fingerprint density at radius 1 is 0.870 bits per heavy atom. The molecule has 0 aliphatic heterocycles. The average molecular weight is 332 g/mol. The molecule has 0 heterocycles. The molecule has 0 radical (unpaired) electrons. The molecule has 2 N–H and O–H groups in total. The smallest absolute Gasteiger partial charge is 0.305 e. The van der Waals surface area contributed by atoms with E-state index in [-0.39, 0.29) is 25.8 Å². The fraction of sp³-hybridized carbons (Fsp3) is 0.944. The number of hydrogen-bond donors (Lipinski definition) is 2. The van der Waals surface area contributed by atoms with Gasteiger partial charge in [-0.25, -0.2) is 0 Å². The van der Waals surface area contributed by atoms with Crippen LogP contribution in [0.25, 0.3) is 0 Å². The normalized spacial score (nSPS) is 13.7. The second kappa shape index (κ2) is 16.2. The van der Waals surface area contributed by atoms with Crippen LogP contribution in [0.4, 0.5) is 0 Å².